The van der Waals surface area contributed by atoms with Crippen molar-refractivity contribution in [1.29, 1.82) is 0 Å². The summed E-state index contributed by atoms with van der Waals surface area (Å²) in [5.41, 5.74) is 4.08. The Bertz CT molecular complexity index is 858. The molecule has 5 nitrogen and oxygen atoms in total. The average molecular weight is 346 g/mol. The van der Waals surface area contributed by atoms with Crippen molar-refractivity contribution in [2.75, 3.05) is 29.6 Å². The van der Waals surface area contributed by atoms with Crippen LogP contribution in [0.15, 0.2) is 42.5 Å². The van der Waals surface area contributed by atoms with Gasteiger partial charge in [0.05, 0.1) is 11.9 Å². The molecule has 0 aliphatic carbocycles. The lowest BCUT2D eigenvalue weighted by molar-refractivity contribution is 0.0993. The van der Waals surface area contributed by atoms with E-state index in [2.05, 4.69) is 0 Å². The van der Waals surface area contributed by atoms with Gasteiger partial charge in [-0.15, -0.1) is 0 Å². The molecule has 0 spiro atoms. The van der Waals surface area contributed by atoms with Crippen LogP contribution in [0.1, 0.15) is 21.5 Å². The van der Waals surface area contributed by atoms with Crippen LogP contribution >= 0.6 is 0 Å². The number of carbonyl (C=O) groups is 1. The van der Waals surface area contributed by atoms with E-state index in [1.165, 1.54) is 11.4 Å². The second kappa shape index (κ2) is 6.65. The van der Waals surface area contributed by atoms with Crippen molar-refractivity contribution in [2.24, 2.45) is 0 Å². The van der Waals surface area contributed by atoms with Gasteiger partial charge in [-0.2, -0.15) is 0 Å². The van der Waals surface area contributed by atoms with E-state index < -0.39 is 10.0 Å². The third-order valence-corrected chi connectivity index (χ3v) is 5.36. The summed E-state index contributed by atoms with van der Waals surface area (Å²) < 4.78 is 24.3. The molecule has 2 aromatic rings. The molecule has 2 aromatic carbocycles. The molecular formula is C18H22N2O3S. The van der Waals surface area contributed by atoms with Gasteiger partial charge >= 0.3 is 0 Å². The fourth-order valence-corrected chi connectivity index (χ4v) is 2.77. The summed E-state index contributed by atoms with van der Waals surface area (Å²) in [6.45, 7) is 3.98. The predicted octanol–water partition coefficient (Wildman–Crippen LogP) is 2.98. The fourth-order valence-electron chi connectivity index (χ4n) is 2.26. The van der Waals surface area contributed by atoms with Gasteiger partial charge in [0, 0.05) is 25.3 Å². The van der Waals surface area contributed by atoms with Crippen molar-refractivity contribution in [3.05, 3.63) is 59.2 Å². The number of amides is 1. The first-order valence-electron chi connectivity index (χ1n) is 7.50. The van der Waals surface area contributed by atoms with Crippen LogP contribution in [-0.2, 0) is 10.0 Å². The van der Waals surface area contributed by atoms with E-state index in [9.17, 15) is 13.2 Å². The number of hydrogen-bond acceptors (Lipinski definition) is 3. The van der Waals surface area contributed by atoms with Crippen LogP contribution in [0.2, 0.25) is 0 Å². The highest BCUT2D eigenvalue weighted by Gasteiger charge is 2.16. The summed E-state index contributed by atoms with van der Waals surface area (Å²) in [5.74, 6) is -0.109. The van der Waals surface area contributed by atoms with E-state index in [1.807, 2.05) is 32.0 Å². The number of rotatable bonds is 4. The lowest BCUT2D eigenvalue weighted by Crippen LogP contribution is -2.27. The number of benzene rings is 2. The highest BCUT2D eigenvalue weighted by atomic mass is 32.2. The lowest BCUT2D eigenvalue weighted by Gasteiger charge is -2.20. The smallest absolute Gasteiger partial charge is 0.258 e. The van der Waals surface area contributed by atoms with Gasteiger partial charge in [0.15, 0.2) is 0 Å². The maximum absolute atomic E-state index is 12.6. The second-order valence-electron chi connectivity index (χ2n) is 5.91. The minimum Gasteiger partial charge on any atom is -0.311 e. The van der Waals surface area contributed by atoms with E-state index in [0.717, 1.165) is 17.4 Å². The summed E-state index contributed by atoms with van der Waals surface area (Å²) in [5, 5.41) is 0. The predicted molar refractivity (Wildman–Crippen MR) is 98.3 cm³/mol. The summed E-state index contributed by atoms with van der Waals surface area (Å²) in [6.07, 6.45) is 1.15. The molecule has 24 heavy (non-hydrogen) atoms. The lowest BCUT2D eigenvalue weighted by atomic mass is 10.1. The first kappa shape index (κ1) is 18.0. The van der Waals surface area contributed by atoms with Crippen molar-refractivity contribution in [3.63, 3.8) is 0 Å². The molecule has 0 saturated carbocycles. The van der Waals surface area contributed by atoms with E-state index in [-0.39, 0.29) is 5.91 Å². The average Bonchev–Trinajstić information content (AvgIpc) is 2.54. The van der Waals surface area contributed by atoms with Crippen molar-refractivity contribution < 1.29 is 13.2 Å². The second-order valence-corrected chi connectivity index (χ2v) is 7.92. The van der Waals surface area contributed by atoms with Gasteiger partial charge in [-0.1, -0.05) is 6.07 Å². The largest absolute Gasteiger partial charge is 0.311 e. The van der Waals surface area contributed by atoms with Gasteiger partial charge in [-0.25, -0.2) is 8.42 Å². The van der Waals surface area contributed by atoms with Gasteiger partial charge in [0.1, 0.15) is 0 Å². The van der Waals surface area contributed by atoms with Gasteiger partial charge in [-0.3, -0.25) is 9.10 Å². The Kier molecular flexibility index (Phi) is 4.99. The molecule has 0 unspecified atom stereocenters. The molecule has 0 saturated heterocycles. The van der Waals surface area contributed by atoms with Crippen LogP contribution in [0.5, 0.6) is 0 Å². The molecule has 0 aromatic heterocycles. The molecule has 0 N–H and O–H groups in total. The van der Waals surface area contributed by atoms with Crippen molar-refractivity contribution in [1.82, 2.24) is 0 Å². The van der Waals surface area contributed by atoms with Crippen LogP contribution < -0.4 is 9.21 Å². The maximum Gasteiger partial charge on any atom is 0.258 e. The first-order chi connectivity index (χ1) is 11.1. The molecule has 0 atom stereocenters. The number of hydrogen-bond donors (Lipinski definition) is 0. The van der Waals surface area contributed by atoms with Crippen molar-refractivity contribution in [2.45, 2.75) is 13.8 Å². The number of sulfonamides is 1. The normalized spacial score (nSPS) is 11.2. The maximum atomic E-state index is 12.6. The summed E-state index contributed by atoms with van der Waals surface area (Å²) in [6, 6.07) is 12.4. The molecule has 0 heterocycles. The summed E-state index contributed by atoms with van der Waals surface area (Å²) >= 11 is 0. The van der Waals surface area contributed by atoms with Gasteiger partial charge in [0.2, 0.25) is 10.0 Å². The van der Waals surface area contributed by atoms with Crippen LogP contribution in [0.4, 0.5) is 11.4 Å². The Balaban J connectivity index is 2.25. The summed E-state index contributed by atoms with van der Waals surface area (Å²) in [7, 11) is -0.109. The zero-order valence-electron chi connectivity index (χ0n) is 14.6. The Labute approximate surface area is 143 Å². The molecule has 0 fully saturated rings. The van der Waals surface area contributed by atoms with Gasteiger partial charge < -0.3 is 4.90 Å². The molecule has 1 amide bonds. The first-order valence-corrected chi connectivity index (χ1v) is 9.35. The molecule has 0 radical (unpaired) electrons. The van der Waals surface area contributed by atoms with Crippen molar-refractivity contribution in [3.8, 4) is 0 Å². The zero-order valence-corrected chi connectivity index (χ0v) is 15.4. The Morgan fingerprint density at radius 1 is 0.875 bits per heavy atom. The molecule has 0 bridgehead atoms. The number of aryl methyl sites for hydroxylation is 2. The number of anilines is 2. The van der Waals surface area contributed by atoms with Crippen LogP contribution in [0, 0.1) is 13.8 Å². The van der Waals surface area contributed by atoms with E-state index in [4.69, 9.17) is 0 Å². The highest BCUT2D eigenvalue weighted by Crippen LogP contribution is 2.22. The molecule has 128 valence electrons. The summed E-state index contributed by atoms with van der Waals surface area (Å²) in [4.78, 5) is 14.2. The van der Waals surface area contributed by atoms with Gasteiger partial charge in [0.25, 0.3) is 5.91 Å². The third-order valence-electron chi connectivity index (χ3n) is 4.16. The van der Waals surface area contributed by atoms with Crippen LogP contribution in [0.25, 0.3) is 0 Å². The molecular weight excluding hydrogens is 324 g/mol. The van der Waals surface area contributed by atoms with Gasteiger partial charge in [-0.05, 0) is 61.4 Å². The Morgan fingerprint density at radius 2 is 1.42 bits per heavy atom. The van der Waals surface area contributed by atoms with E-state index in [1.54, 1.807) is 36.2 Å². The quantitative estimate of drug-likeness (QED) is 0.855. The molecule has 2 rings (SSSR count). The monoisotopic (exact) mass is 346 g/mol. The minimum absolute atomic E-state index is 0.109. The zero-order chi connectivity index (χ0) is 18.1. The Hall–Kier alpha value is -2.34. The van der Waals surface area contributed by atoms with E-state index >= 15 is 0 Å². The Morgan fingerprint density at radius 3 is 1.92 bits per heavy atom. The standard InChI is InChI=1S/C18H22N2O3S/c1-13-6-7-15(12-14(13)2)18(21)19(3)16-8-10-17(11-9-16)20(4)24(5,22)23/h6-12H,1-5H3. The molecule has 0 aliphatic heterocycles. The highest BCUT2D eigenvalue weighted by molar-refractivity contribution is 7.92. The fraction of sp³-hybridized carbons (Fsp3) is 0.278. The topological polar surface area (TPSA) is 57.7 Å². The SMILES string of the molecule is Cc1ccc(C(=O)N(C)c2ccc(N(C)S(C)(=O)=O)cc2)cc1C. The molecule has 0 aliphatic rings. The number of carbonyl (C=O) groups excluding carboxylic acids is 1. The molecule has 6 heteroatoms. The number of nitrogens with zero attached hydrogens (tertiary/aromatic N) is 2. The van der Waals surface area contributed by atoms with Crippen LogP contribution in [-0.4, -0.2) is 34.7 Å². The third kappa shape index (κ3) is 3.76. The van der Waals surface area contributed by atoms with Crippen LogP contribution in [0.3, 0.4) is 0 Å². The van der Waals surface area contributed by atoms with E-state index in [0.29, 0.717) is 16.9 Å². The van der Waals surface area contributed by atoms with Crippen molar-refractivity contribution >= 4 is 27.3 Å². The minimum atomic E-state index is -3.30.